The second kappa shape index (κ2) is 8.21. The van der Waals surface area contributed by atoms with E-state index in [2.05, 4.69) is 19.2 Å². The highest BCUT2D eigenvalue weighted by Crippen LogP contribution is 2.35. The second-order valence-electron chi connectivity index (χ2n) is 7.98. The number of fused-ring (bicyclic) bond motifs is 1. The Morgan fingerprint density at radius 2 is 1.89 bits per heavy atom. The van der Waals surface area contributed by atoms with Gasteiger partial charge in [-0.05, 0) is 48.9 Å². The number of nitrogens with one attached hydrogen (secondary N) is 1. The maximum absolute atomic E-state index is 12.8. The monoisotopic (exact) mass is 407 g/mol. The van der Waals surface area contributed by atoms with Crippen molar-refractivity contribution in [3.63, 3.8) is 0 Å². The van der Waals surface area contributed by atoms with Crippen molar-refractivity contribution >= 4 is 27.5 Å². The van der Waals surface area contributed by atoms with E-state index in [1.54, 1.807) is 18.2 Å². The van der Waals surface area contributed by atoms with E-state index in [-0.39, 0.29) is 16.7 Å². The molecule has 1 aromatic rings. The molecule has 0 saturated carbocycles. The van der Waals surface area contributed by atoms with Gasteiger partial charge < -0.3 is 5.32 Å². The predicted octanol–water partition coefficient (Wildman–Crippen LogP) is 1.91. The van der Waals surface area contributed by atoms with E-state index in [0.29, 0.717) is 37.7 Å². The molecular formula is C20H29N3O4S. The smallest absolute Gasteiger partial charge is 0.243 e. The van der Waals surface area contributed by atoms with E-state index in [1.807, 2.05) is 0 Å². The Bertz CT molecular complexity index is 860. The molecule has 0 spiro atoms. The van der Waals surface area contributed by atoms with Gasteiger partial charge in [-0.25, -0.2) is 8.42 Å². The maximum Gasteiger partial charge on any atom is 0.243 e. The summed E-state index contributed by atoms with van der Waals surface area (Å²) in [6.45, 7) is 7.24. The number of nitrogens with zero attached hydrogens (tertiary/aromatic N) is 2. The van der Waals surface area contributed by atoms with E-state index in [0.717, 1.165) is 24.8 Å². The number of sulfonamides is 1. The number of anilines is 1. The zero-order valence-corrected chi connectivity index (χ0v) is 17.6. The summed E-state index contributed by atoms with van der Waals surface area (Å²) in [5.41, 5.74) is 1.34. The van der Waals surface area contributed by atoms with E-state index >= 15 is 0 Å². The summed E-state index contributed by atoms with van der Waals surface area (Å²) in [4.78, 5) is 26.6. The Kier molecular flexibility index (Phi) is 6.09. The van der Waals surface area contributed by atoms with Crippen LogP contribution in [0.1, 0.15) is 45.6 Å². The molecule has 2 aliphatic heterocycles. The average Bonchev–Trinajstić information content (AvgIpc) is 3.28. The van der Waals surface area contributed by atoms with E-state index in [4.69, 9.17) is 0 Å². The topological polar surface area (TPSA) is 86.8 Å². The van der Waals surface area contributed by atoms with Gasteiger partial charge in [0, 0.05) is 38.7 Å². The molecule has 0 bridgehead atoms. The maximum atomic E-state index is 12.8. The number of carbonyl (C=O) groups excluding carboxylic acids is 2. The van der Waals surface area contributed by atoms with Crippen LogP contribution in [0.4, 0.5) is 5.69 Å². The first-order valence-corrected chi connectivity index (χ1v) is 11.4. The number of carbonyl (C=O) groups is 2. The van der Waals surface area contributed by atoms with Crippen LogP contribution in [0.2, 0.25) is 0 Å². The molecule has 2 aliphatic rings. The molecule has 0 aliphatic carbocycles. The Morgan fingerprint density at radius 1 is 1.21 bits per heavy atom. The molecule has 1 N–H and O–H groups in total. The molecule has 7 nitrogen and oxygen atoms in total. The van der Waals surface area contributed by atoms with Crippen LogP contribution >= 0.6 is 0 Å². The summed E-state index contributed by atoms with van der Waals surface area (Å²) >= 11 is 0. The van der Waals surface area contributed by atoms with Crippen molar-refractivity contribution < 1.29 is 18.0 Å². The lowest BCUT2D eigenvalue weighted by atomic mass is 10.1. The largest absolute Gasteiger partial charge is 0.354 e. The van der Waals surface area contributed by atoms with Crippen LogP contribution in [0.3, 0.4) is 0 Å². The van der Waals surface area contributed by atoms with Crippen molar-refractivity contribution in [2.24, 2.45) is 5.92 Å². The molecule has 1 atom stereocenters. The summed E-state index contributed by atoms with van der Waals surface area (Å²) in [7, 11) is -3.53. The first-order valence-electron chi connectivity index (χ1n) is 9.92. The lowest BCUT2D eigenvalue weighted by molar-refractivity contribution is -0.125. The summed E-state index contributed by atoms with van der Waals surface area (Å²) in [5.74, 6) is 0.0530. The third-order valence-electron chi connectivity index (χ3n) is 5.40. The standard InChI is InChI=1S/C20H29N3O4S/c1-14(2)8-9-21-20(25)19-13-16-12-17(6-7-18(16)23(19)15(3)24)28(26,27)22-10-4-5-11-22/h6-7,12,14,19H,4-5,8-11,13H2,1-3H3,(H,21,25). The molecule has 1 saturated heterocycles. The zero-order valence-electron chi connectivity index (χ0n) is 16.8. The average molecular weight is 408 g/mol. The van der Waals surface area contributed by atoms with Crippen LogP contribution in [0, 0.1) is 5.92 Å². The van der Waals surface area contributed by atoms with Gasteiger partial charge in [0.05, 0.1) is 4.90 Å². The van der Waals surface area contributed by atoms with Crippen LogP contribution in [0.15, 0.2) is 23.1 Å². The van der Waals surface area contributed by atoms with Crippen LogP contribution in [-0.4, -0.2) is 50.2 Å². The van der Waals surface area contributed by atoms with Gasteiger partial charge in [-0.1, -0.05) is 13.8 Å². The van der Waals surface area contributed by atoms with Crippen molar-refractivity contribution in [2.75, 3.05) is 24.5 Å². The zero-order chi connectivity index (χ0) is 20.5. The van der Waals surface area contributed by atoms with Gasteiger partial charge in [0.1, 0.15) is 6.04 Å². The number of amides is 2. The summed E-state index contributed by atoms with van der Waals surface area (Å²) < 4.78 is 27.2. The molecule has 0 radical (unpaired) electrons. The molecule has 28 heavy (non-hydrogen) atoms. The minimum atomic E-state index is -3.53. The number of rotatable bonds is 6. The number of hydrogen-bond donors (Lipinski definition) is 1. The molecule has 2 amide bonds. The third kappa shape index (κ3) is 4.07. The van der Waals surface area contributed by atoms with Crippen LogP contribution in [-0.2, 0) is 26.0 Å². The van der Waals surface area contributed by atoms with Crippen LogP contribution < -0.4 is 10.2 Å². The fraction of sp³-hybridized carbons (Fsp3) is 0.600. The van der Waals surface area contributed by atoms with Crippen molar-refractivity contribution in [2.45, 2.75) is 57.4 Å². The van der Waals surface area contributed by atoms with Gasteiger partial charge in [0.25, 0.3) is 0 Å². The summed E-state index contributed by atoms with van der Waals surface area (Å²) in [6, 6.07) is 4.19. The minimum Gasteiger partial charge on any atom is -0.354 e. The normalized spacial score (nSPS) is 19.9. The third-order valence-corrected chi connectivity index (χ3v) is 7.30. The molecule has 3 rings (SSSR count). The molecule has 0 aromatic heterocycles. The van der Waals surface area contributed by atoms with Gasteiger partial charge in [-0.15, -0.1) is 0 Å². The Hall–Kier alpha value is -1.93. The van der Waals surface area contributed by atoms with E-state index < -0.39 is 16.1 Å². The summed E-state index contributed by atoms with van der Waals surface area (Å²) in [6.07, 6.45) is 2.94. The molecule has 1 fully saturated rings. The molecule has 8 heteroatoms. The highest BCUT2D eigenvalue weighted by molar-refractivity contribution is 7.89. The van der Waals surface area contributed by atoms with Crippen LogP contribution in [0.5, 0.6) is 0 Å². The Balaban J connectivity index is 1.83. The van der Waals surface area contributed by atoms with Crippen molar-refractivity contribution in [3.05, 3.63) is 23.8 Å². The van der Waals surface area contributed by atoms with Crippen molar-refractivity contribution in [3.8, 4) is 0 Å². The van der Waals surface area contributed by atoms with Crippen LogP contribution in [0.25, 0.3) is 0 Å². The first-order chi connectivity index (χ1) is 13.2. The SMILES string of the molecule is CC(=O)N1c2ccc(S(=O)(=O)N3CCCC3)cc2CC1C(=O)NCCC(C)C. The van der Waals surface area contributed by atoms with Gasteiger partial charge in [-0.2, -0.15) is 4.31 Å². The molecule has 154 valence electrons. The highest BCUT2D eigenvalue weighted by Gasteiger charge is 2.38. The highest BCUT2D eigenvalue weighted by atomic mass is 32.2. The number of benzene rings is 1. The first kappa shape index (κ1) is 20.8. The van der Waals surface area contributed by atoms with Crippen molar-refractivity contribution in [1.82, 2.24) is 9.62 Å². The number of hydrogen-bond acceptors (Lipinski definition) is 4. The Morgan fingerprint density at radius 3 is 2.50 bits per heavy atom. The Labute approximate surface area is 167 Å². The lowest BCUT2D eigenvalue weighted by Crippen LogP contribution is -2.47. The summed E-state index contributed by atoms with van der Waals surface area (Å²) in [5, 5.41) is 2.91. The second-order valence-corrected chi connectivity index (χ2v) is 9.92. The van der Waals surface area contributed by atoms with Gasteiger partial charge in [-0.3, -0.25) is 14.5 Å². The fourth-order valence-corrected chi connectivity index (χ4v) is 5.44. The molecule has 1 unspecified atom stereocenters. The van der Waals surface area contributed by atoms with Gasteiger partial charge in [0.2, 0.25) is 21.8 Å². The van der Waals surface area contributed by atoms with Gasteiger partial charge >= 0.3 is 0 Å². The minimum absolute atomic E-state index is 0.198. The van der Waals surface area contributed by atoms with E-state index in [9.17, 15) is 18.0 Å². The molecule has 2 heterocycles. The quantitative estimate of drug-likeness (QED) is 0.780. The molecular weight excluding hydrogens is 378 g/mol. The molecule has 1 aromatic carbocycles. The fourth-order valence-electron chi connectivity index (χ4n) is 3.87. The van der Waals surface area contributed by atoms with Crippen molar-refractivity contribution in [1.29, 1.82) is 0 Å². The predicted molar refractivity (Wildman–Crippen MR) is 108 cm³/mol. The van der Waals surface area contributed by atoms with E-state index in [1.165, 1.54) is 16.1 Å². The lowest BCUT2D eigenvalue weighted by Gasteiger charge is -2.23. The van der Waals surface area contributed by atoms with Gasteiger partial charge in [0.15, 0.2) is 0 Å².